The van der Waals surface area contributed by atoms with Gasteiger partial charge < -0.3 is 29.8 Å². The molecule has 0 aromatic heterocycles. The Bertz CT molecular complexity index is 39.0. The Morgan fingerprint density at radius 2 is 1.38 bits per heavy atom. The van der Waals surface area contributed by atoms with E-state index >= 15 is 0 Å². The van der Waals surface area contributed by atoms with Crippen molar-refractivity contribution in [2.24, 2.45) is 0 Å². The standard InChI is InChI=1S/C2H4OS.2CH4.ClH.Sn/c1-2(3)4;;;;/h1H3,(H,3,4);2*1H4;1H;/q;;;;+2/p-2. The minimum atomic E-state index is -0.250. The summed E-state index contributed by atoms with van der Waals surface area (Å²) in [5.74, 6) is 0. The zero-order valence-corrected chi connectivity index (χ0v) is 7.62. The molecule has 0 aromatic carbocycles. The summed E-state index contributed by atoms with van der Waals surface area (Å²) in [5, 5.41) is -0.250. The van der Waals surface area contributed by atoms with E-state index in [0.717, 1.165) is 0 Å². The Morgan fingerprint density at radius 1 is 1.38 bits per heavy atom. The summed E-state index contributed by atoms with van der Waals surface area (Å²) in [5.41, 5.74) is 0. The molecular formula is C4H11ClOSSn. The molecule has 0 amide bonds. The van der Waals surface area contributed by atoms with E-state index in [0.29, 0.717) is 0 Å². The first kappa shape index (κ1) is 36.1. The molecule has 1 nitrogen and oxygen atoms in total. The van der Waals surface area contributed by atoms with Crippen LogP contribution < -0.4 is 12.4 Å². The Kier molecular flexibility index (Phi) is 111. The number of carbonyl (C=O) groups is 1. The first-order chi connectivity index (χ1) is 1.73. The van der Waals surface area contributed by atoms with Gasteiger partial charge in [-0.3, -0.25) is 0 Å². The van der Waals surface area contributed by atoms with Crippen LogP contribution in [0.5, 0.6) is 0 Å². The van der Waals surface area contributed by atoms with E-state index in [-0.39, 0.29) is 56.3 Å². The molecule has 0 N–H and O–H groups in total. The van der Waals surface area contributed by atoms with Gasteiger partial charge in [0.2, 0.25) is 0 Å². The Morgan fingerprint density at radius 3 is 1.38 bits per heavy atom. The van der Waals surface area contributed by atoms with Crippen molar-refractivity contribution >= 4 is 41.7 Å². The monoisotopic (exact) mass is 262 g/mol. The van der Waals surface area contributed by atoms with Gasteiger partial charge in [0.05, 0.1) is 0 Å². The summed E-state index contributed by atoms with van der Waals surface area (Å²) < 4.78 is 0. The summed E-state index contributed by atoms with van der Waals surface area (Å²) >= 11 is 3.98. The molecule has 0 unspecified atom stereocenters. The van der Waals surface area contributed by atoms with Crippen molar-refractivity contribution < 1.29 is 17.2 Å². The van der Waals surface area contributed by atoms with Crippen LogP contribution in [0.1, 0.15) is 21.8 Å². The second-order valence-electron chi connectivity index (χ2n) is 0.492. The van der Waals surface area contributed by atoms with Crippen LogP contribution in [-0.4, -0.2) is 29.0 Å². The first-order valence-electron chi connectivity index (χ1n) is 0.908. The van der Waals surface area contributed by atoms with Gasteiger partial charge in [-0.25, -0.2) is 0 Å². The smallest absolute Gasteiger partial charge is 1.00 e. The van der Waals surface area contributed by atoms with Gasteiger partial charge in [0.15, 0.2) is 0 Å². The maximum absolute atomic E-state index is 9.26. The number of halogens is 1. The predicted molar refractivity (Wildman–Crippen MR) is 37.3 cm³/mol. The molecule has 0 rings (SSSR count). The van der Waals surface area contributed by atoms with Crippen LogP contribution in [0.4, 0.5) is 0 Å². The van der Waals surface area contributed by atoms with Crippen molar-refractivity contribution in [2.45, 2.75) is 21.8 Å². The van der Waals surface area contributed by atoms with E-state index in [1.807, 2.05) is 0 Å². The summed E-state index contributed by atoms with van der Waals surface area (Å²) in [6, 6.07) is 0. The normalized spacial score (nSPS) is 3.12. The topological polar surface area (TPSA) is 17.1 Å². The minimum Gasteiger partial charge on any atom is -1.00 e. The zero-order chi connectivity index (χ0) is 3.58. The van der Waals surface area contributed by atoms with Crippen LogP contribution >= 0.6 is 0 Å². The number of rotatable bonds is 0. The van der Waals surface area contributed by atoms with Crippen LogP contribution in [0.2, 0.25) is 0 Å². The molecule has 0 aliphatic carbocycles. The van der Waals surface area contributed by atoms with E-state index in [1.54, 1.807) is 0 Å². The molecule has 0 bridgehead atoms. The van der Waals surface area contributed by atoms with Gasteiger partial charge >= 0.3 is 23.9 Å². The van der Waals surface area contributed by atoms with Gasteiger partial charge in [0, 0.05) is 5.12 Å². The van der Waals surface area contributed by atoms with Crippen molar-refractivity contribution in [3.8, 4) is 0 Å². The fraction of sp³-hybridized carbons (Fsp3) is 0.750. The van der Waals surface area contributed by atoms with Crippen molar-refractivity contribution in [1.82, 2.24) is 0 Å². The Balaban J connectivity index is -0.00000000750. The van der Waals surface area contributed by atoms with Crippen LogP contribution in [-0.2, 0) is 17.4 Å². The average Bonchev–Trinajstić information content (AvgIpc) is 0.811. The molecule has 4 heteroatoms. The quantitative estimate of drug-likeness (QED) is 0.370. The third-order valence-corrected chi connectivity index (χ3v) is 0. The second-order valence-corrected chi connectivity index (χ2v) is 1.07. The van der Waals surface area contributed by atoms with Crippen LogP contribution in [0.15, 0.2) is 0 Å². The molecule has 0 saturated carbocycles. The van der Waals surface area contributed by atoms with Gasteiger partial charge in [-0.1, -0.05) is 14.9 Å². The number of hydrogen-bond acceptors (Lipinski definition) is 2. The molecule has 8 heavy (non-hydrogen) atoms. The van der Waals surface area contributed by atoms with Gasteiger partial charge in [-0.05, 0) is 6.92 Å². The van der Waals surface area contributed by atoms with Crippen molar-refractivity contribution in [3.05, 3.63) is 0 Å². The van der Waals surface area contributed by atoms with E-state index < -0.39 is 0 Å². The second kappa shape index (κ2) is 24.5. The molecule has 50 valence electrons. The van der Waals surface area contributed by atoms with E-state index in [9.17, 15) is 4.79 Å². The van der Waals surface area contributed by atoms with Gasteiger partial charge in [0.25, 0.3) is 0 Å². The molecule has 0 atom stereocenters. The summed E-state index contributed by atoms with van der Waals surface area (Å²) in [6.45, 7) is 1.34. The summed E-state index contributed by atoms with van der Waals surface area (Å²) in [4.78, 5) is 9.26. The molecule has 0 spiro atoms. The maximum atomic E-state index is 9.26. The fourth-order valence-corrected chi connectivity index (χ4v) is 0. The number of hydrogen-bond donors (Lipinski definition) is 0. The maximum Gasteiger partial charge on any atom is 2.00 e. The average molecular weight is 261 g/mol. The van der Waals surface area contributed by atoms with Gasteiger partial charge in [-0.2, -0.15) is 0 Å². The Labute approximate surface area is 80.4 Å². The number of carbonyl (C=O) groups excluding carboxylic acids is 1. The van der Waals surface area contributed by atoms with Crippen LogP contribution in [0, 0.1) is 0 Å². The SMILES string of the molecule is C.C.CC(=O)[S-].[Cl-].[Sn+2]. The van der Waals surface area contributed by atoms with Crippen molar-refractivity contribution in [3.63, 3.8) is 0 Å². The van der Waals surface area contributed by atoms with Crippen LogP contribution in [0.3, 0.4) is 0 Å². The zero-order valence-electron chi connectivity index (χ0n) is 3.19. The largest absolute Gasteiger partial charge is 2.00 e. The first-order valence-corrected chi connectivity index (χ1v) is 1.32. The molecule has 0 fully saturated rings. The van der Waals surface area contributed by atoms with E-state index in [4.69, 9.17) is 0 Å². The third kappa shape index (κ3) is 260. The van der Waals surface area contributed by atoms with E-state index in [1.165, 1.54) is 6.92 Å². The third-order valence-electron chi connectivity index (χ3n) is 0. The van der Waals surface area contributed by atoms with Crippen LogP contribution in [0.25, 0.3) is 0 Å². The molecule has 0 heterocycles. The predicted octanol–water partition coefficient (Wildman–Crippen LogP) is -2.02. The fourth-order valence-electron chi connectivity index (χ4n) is 0. The Hall–Kier alpha value is 0.979. The molecule has 0 aliphatic rings. The van der Waals surface area contributed by atoms with Gasteiger partial charge in [0.1, 0.15) is 0 Å². The van der Waals surface area contributed by atoms with Crippen molar-refractivity contribution in [2.75, 3.05) is 0 Å². The summed E-state index contributed by atoms with van der Waals surface area (Å²) in [7, 11) is 0. The minimum absolute atomic E-state index is 0. The van der Waals surface area contributed by atoms with Gasteiger partial charge in [-0.15, -0.1) is 0 Å². The molecule has 0 aromatic rings. The molecular weight excluding hydrogens is 250 g/mol. The summed E-state index contributed by atoms with van der Waals surface area (Å²) in [6.07, 6.45) is 0. The molecule has 2 radical (unpaired) electrons. The van der Waals surface area contributed by atoms with E-state index in [2.05, 4.69) is 12.6 Å². The van der Waals surface area contributed by atoms with Crippen molar-refractivity contribution in [1.29, 1.82) is 0 Å². The molecule has 0 saturated heterocycles. The molecule has 0 aliphatic heterocycles.